The maximum Gasteiger partial charge on any atom is 0.279 e. The van der Waals surface area contributed by atoms with Gasteiger partial charge in [-0.25, -0.2) is 0 Å². The number of rotatable bonds is 6. The molecule has 0 unspecified atom stereocenters. The zero-order valence-corrected chi connectivity index (χ0v) is 14.9. The first-order valence-electron chi connectivity index (χ1n) is 7.59. The Morgan fingerprint density at radius 2 is 1.83 bits per heavy atom. The predicted octanol–water partition coefficient (Wildman–Crippen LogP) is 3.00. The largest absolute Gasteiger partial charge is 0.481 e. The van der Waals surface area contributed by atoms with Crippen molar-refractivity contribution in [3.05, 3.63) is 64.6 Å². The fourth-order valence-corrected chi connectivity index (χ4v) is 2.37. The topological polar surface area (TPSA) is 67.4 Å². The molecule has 1 atom stereocenters. The van der Waals surface area contributed by atoms with Crippen LogP contribution in [0.5, 0.6) is 5.75 Å². The molecule has 126 valence electrons. The molecule has 2 amide bonds. The summed E-state index contributed by atoms with van der Waals surface area (Å²) in [6, 6.07) is 16.9. The van der Waals surface area contributed by atoms with Gasteiger partial charge < -0.3 is 4.74 Å². The van der Waals surface area contributed by atoms with Crippen LogP contribution in [0.15, 0.2) is 59.1 Å². The van der Waals surface area contributed by atoms with Crippen LogP contribution in [0.1, 0.15) is 18.9 Å². The summed E-state index contributed by atoms with van der Waals surface area (Å²) in [7, 11) is 0. The second-order valence-corrected chi connectivity index (χ2v) is 6.16. The van der Waals surface area contributed by atoms with E-state index in [4.69, 9.17) is 4.74 Å². The van der Waals surface area contributed by atoms with Crippen molar-refractivity contribution in [2.45, 2.75) is 25.9 Å². The van der Waals surface area contributed by atoms with Gasteiger partial charge in [0, 0.05) is 10.9 Å². The van der Waals surface area contributed by atoms with Gasteiger partial charge in [-0.15, -0.1) is 0 Å². The normalized spacial score (nSPS) is 11.4. The first-order chi connectivity index (χ1) is 11.5. The Labute approximate surface area is 149 Å². The molecule has 0 saturated carbocycles. The van der Waals surface area contributed by atoms with Gasteiger partial charge in [0.2, 0.25) is 5.91 Å². The number of hydrogen-bond donors (Lipinski definition) is 2. The molecule has 2 N–H and O–H groups in total. The number of ether oxygens (including phenoxy) is 1. The van der Waals surface area contributed by atoms with E-state index in [1.165, 1.54) is 0 Å². The second kappa shape index (κ2) is 9.08. The van der Waals surface area contributed by atoms with Gasteiger partial charge in [-0.2, -0.15) is 0 Å². The van der Waals surface area contributed by atoms with Gasteiger partial charge in [0.15, 0.2) is 6.10 Å². The molecular weight excluding hydrogens is 372 g/mol. The minimum absolute atomic E-state index is 0.248. The van der Waals surface area contributed by atoms with E-state index in [0.717, 1.165) is 10.0 Å². The number of hydrogen-bond acceptors (Lipinski definition) is 3. The first-order valence-corrected chi connectivity index (χ1v) is 8.39. The second-order valence-electron chi connectivity index (χ2n) is 5.24. The third-order valence-electron chi connectivity index (χ3n) is 3.29. The van der Waals surface area contributed by atoms with E-state index in [1.807, 2.05) is 42.5 Å². The van der Waals surface area contributed by atoms with E-state index in [9.17, 15) is 9.59 Å². The molecule has 0 fully saturated rings. The molecular formula is C18H19BrN2O3. The van der Waals surface area contributed by atoms with E-state index in [2.05, 4.69) is 26.8 Å². The molecule has 0 spiro atoms. The molecule has 24 heavy (non-hydrogen) atoms. The number of hydrazine groups is 1. The Balaban J connectivity index is 1.72. The molecule has 0 aromatic heterocycles. The molecule has 0 aliphatic carbocycles. The average Bonchev–Trinajstić information content (AvgIpc) is 2.58. The smallest absolute Gasteiger partial charge is 0.279 e. The summed E-state index contributed by atoms with van der Waals surface area (Å²) in [5.74, 6) is -0.0904. The monoisotopic (exact) mass is 390 g/mol. The zero-order valence-electron chi connectivity index (χ0n) is 13.3. The van der Waals surface area contributed by atoms with Gasteiger partial charge in [0.1, 0.15) is 5.75 Å². The predicted molar refractivity (Wildman–Crippen MR) is 95.3 cm³/mol. The number of nitrogens with one attached hydrogen (secondary N) is 2. The van der Waals surface area contributed by atoms with Crippen molar-refractivity contribution in [2.75, 3.05) is 0 Å². The van der Waals surface area contributed by atoms with Crippen LogP contribution in [0.25, 0.3) is 0 Å². The molecule has 2 rings (SSSR count). The average molecular weight is 391 g/mol. The number of halogens is 1. The lowest BCUT2D eigenvalue weighted by atomic mass is 10.1. The van der Waals surface area contributed by atoms with Crippen molar-refractivity contribution < 1.29 is 14.3 Å². The Morgan fingerprint density at radius 1 is 1.08 bits per heavy atom. The van der Waals surface area contributed by atoms with Crippen LogP contribution >= 0.6 is 15.9 Å². The molecule has 0 bridgehead atoms. The lowest BCUT2D eigenvalue weighted by Gasteiger charge is -2.15. The summed E-state index contributed by atoms with van der Waals surface area (Å²) >= 11 is 3.34. The van der Waals surface area contributed by atoms with Crippen molar-refractivity contribution in [2.24, 2.45) is 0 Å². The zero-order chi connectivity index (χ0) is 17.4. The number of aryl methyl sites for hydroxylation is 1. The molecule has 2 aromatic rings. The van der Waals surface area contributed by atoms with Crippen molar-refractivity contribution in [1.29, 1.82) is 0 Å². The summed E-state index contributed by atoms with van der Waals surface area (Å²) in [4.78, 5) is 23.7. The summed E-state index contributed by atoms with van der Waals surface area (Å²) in [5, 5.41) is 0. The van der Waals surface area contributed by atoms with E-state index in [0.29, 0.717) is 18.6 Å². The molecule has 5 nitrogen and oxygen atoms in total. The van der Waals surface area contributed by atoms with Crippen molar-refractivity contribution in [3.63, 3.8) is 0 Å². The van der Waals surface area contributed by atoms with Crippen LogP contribution in [-0.2, 0) is 16.0 Å². The lowest BCUT2D eigenvalue weighted by molar-refractivity contribution is -0.132. The third-order valence-corrected chi connectivity index (χ3v) is 3.78. The van der Waals surface area contributed by atoms with Crippen molar-refractivity contribution in [1.82, 2.24) is 10.9 Å². The van der Waals surface area contributed by atoms with Crippen LogP contribution < -0.4 is 15.6 Å². The SMILES string of the molecule is C[C@@H](Oc1cccc(Br)c1)C(=O)NNC(=O)CCc1ccccc1. The van der Waals surface area contributed by atoms with Crippen LogP contribution in [0, 0.1) is 0 Å². The molecule has 2 aromatic carbocycles. The van der Waals surface area contributed by atoms with Gasteiger partial charge in [0.05, 0.1) is 0 Å². The highest BCUT2D eigenvalue weighted by atomic mass is 79.9. The number of amides is 2. The summed E-state index contributed by atoms with van der Waals surface area (Å²) in [5.41, 5.74) is 5.86. The van der Waals surface area contributed by atoms with Gasteiger partial charge in [-0.05, 0) is 37.1 Å². The number of carbonyl (C=O) groups is 2. The standard InChI is InChI=1S/C18H19BrN2O3/c1-13(24-16-9-5-8-15(19)12-16)18(23)21-20-17(22)11-10-14-6-3-2-4-7-14/h2-9,12-13H,10-11H2,1H3,(H,20,22)(H,21,23)/t13-/m1/s1. The number of carbonyl (C=O) groups excluding carboxylic acids is 2. The molecule has 0 saturated heterocycles. The highest BCUT2D eigenvalue weighted by Gasteiger charge is 2.15. The van der Waals surface area contributed by atoms with E-state index >= 15 is 0 Å². The highest BCUT2D eigenvalue weighted by Crippen LogP contribution is 2.18. The quantitative estimate of drug-likeness (QED) is 0.744. The van der Waals surface area contributed by atoms with Gasteiger partial charge in [-0.3, -0.25) is 20.4 Å². The maximum atomic E-state index is 11.9. The van der Waals surface area contributed by atoms with Gasteiger partial charge in [0.25, 0.3) is 5.91 Å². The Bertz CT molecular complexity index is 692. The Kier molecular flexibility index (Phi) is 6.81. The van der Waals surface area contributed by atoms with Crippen molar-refractivity contribution >= 4 is 27.7 Å². The van der Waals surface area contributed by atoms with E-state index < -0.39 is 12.0 Å². The maximum absolute atomic E-state index is 11.9. The fourth-order valence-electron chi connectivity index (χ4n) is 2.00. The molecule has 6 heteroatoms. The Hall–Kier alpha value is -2.34. The first kappa shape index (κ1) is 18.0. The van der Waals surface area contributed by atoms with E-state index in [-0.39, 0.29) is 5.91 Å². The molecule has 0 heterocycles. The van der Waals surface area contributed by atoms with Crippen LogP contribution in [-0.4, -0.2) is 17.9 Å². The lowest BCUT2D eigenvalue weighted by Crippen LogP contribution is -2.47. The fraction of sp³-hybridized carbons (Fsp3) is 0.222. The van der Waals surface area contributed by atoms with Crippen molar-refractivity contribution in [3.8, 4) is 5.75 Å². The summed E-state index contributed by atoms with van der Waals surface area (Å²) in [6.45, 7) is 1.62. The summed E-state index contributed by atoms with van der Waals surface area (Å²) in [6.07, 6.45) is 0.186. The number of benzene rings is 2. The highest BCUT2D eigenvalue weighted by molar-refractivity contribution is 9.10. The minimum Gasteiger partial charge on any atom is -0.481 e. The minimum atomic E-state index is -0.728. The van der Waals surface area contributed by atoms with Crippen LogP contribution in [0.4, 0.5) is 0 Å². The van der Waals surface area contributed by atoms with Gasteiger partial charge >= 0.3 is 0 Å². The summed E-state index contributed by atoms with van der Waals surface area (Å²) < 4.78 is 6.39. The molecule has 0 radical (unpaired) electrons. The molecule has 0 aliphatic rings. The van der Waals surface area contributed by atoms with Crippen LogP contribution in [0.3, 0.4) is 0 Å². The third kappa shape index (κ3) is 6.04. The Morgan fingerprint density at radius 3 is 2.54 bits per heavy atom. The van der Waals surface area contributed by atoms with E-state index in [1.54, 1.807) is 19.1 Å². The van der Waals surface area contributed by atoms with Gasteiger partial charge in [-0.1, -0.05) is 52.3 Å². The van der Waals surface area contributed by atoms with Crippen LogP contribution in [0.2, 0.25) is 0 Å². The molecule has 0 aliphatic heterocycles.